The predicted octanol–water partition coefficient (Wildman–Crippen LogP) is 3.49. The number of alkyl halides is 6. The van der Waals surface area contributed by atoms with Crippen molar-refractivity contribution in [2.45, 2.75) is 31.1 Å². The lowest BCUT2D eigenvalue weighted by Crippen LogP contribution is -2.52. The minimum Gasteiger partial charge on any atom is -0.200 e. The van der Waals surface area contributed by atoms with Gasteiger partial charge in [0.25, 0.3) is 0 Å². The maximum absolute atomic E-state index is 12.4. The van der Waals surface area contributed by atoms with Crippen LogP contribution in [0.15, 0.2) is 12.7 Å². The summed E-state index contributed by atoms with van der Waals surface area (Å²) in [5, 5.41) is 0. The first-order chi connectivity index (χ1) is 5.56. The van der Waals surface area contributed by atoms with E-state index in [1.165, 1.54) is 0 Å². The Morgan fingerprint density at radius 1 is 1.08 bits per heavy atom. The van der Waals surface area contributed by atoms with Gasteiger partial charge in [-0.15, -0.1) is 6.58 Å². The molecule has 0 aromatic heterocycles. The van der Waals surface area contributed by atoms with Crippen LogP contribution in [0.4, 0.5) is 26.3 Å². The molecule has 0 aromatic rings. The van der Waals surface area contributed by atoms with Gasteiger partial charge < -0.3 is 0 Å². The summed E-state index contributed by atoms with van der Waals surface area (Å²) in [7, 11) is 0. The second kappa shape index (κ2) is 3.23. The highest BCUT2D eigenvalue weighted by atomic mass is 19.3. The maximum Gasteiger partial charge on any atom is 0.371 e. The molecule has 0 saturated carbocycles. The number of hydrogen-bond acceptors (Lipinski definition) is 0. The van der Waals surface area contributed by atoms with Crippen LogP contribution >= 0.6 is 0 Å². The molecule has 0 nitrogen and oxygen atoms in total. The Bertz CT molecular complexity index is 190. The molecule has 0 aromatic carbocycles. The number of allylic oxidation sites excluding steroid dienone is 1. The van der Waals surface area contributed by atoms with Gasteiger partial charge in [-0.05, 0) is 0 Å². The van der Waals surface area contributed by atoms with E-state index < -0.39 is 24.2 Å². The normalized spacial score (nSPS) is 14.4. The van der Waals surface area contributed by atoms with E-state index in [1.54, 1.807) is 0 Å². The minimum atomic E-state index is -5.35. The van der Waals surface area contributed by atoms with Crippen LogP contribution in [0.25, 0.3) is 0 Å². The summed E-state index contributed by atoms with van der Waals surface area (Å²) in [6, 6.07) is 0. The SMILES string of the molecule is C=CCC(F)(F)C(F)(F)C(C)(F)F. The van der Waals surface area contributed by atoms with Gasteiger partial charge in [0.1, 0.15) is 0 Å². The first-order valence-corrected chi connectivity index (χ1v) is 3.30. The van der Waals surface area contributed by atoms with E-state index in [2.05, 4.69) is 6.58 Å². The molecule has 0 saturated heterocycles. The predicted molar refractivity (Wildman–Crippen MR) is 35.3 cm³/mol. The Morgan fingerprint density at radius 3 is 1.69 bits per heavy atom. The molecule has 78 valence electrons. The molecule has 0 aliphatic carbocycles. The lowest BCUT2D eigenvalue weighted by molar-refractivity contribution is -0.301. The molecule has 0 heterocycles. The summed E-state index contributed by atoms with van der Waals surface area (Å²) in [5.41, 5.74) is 0. The lowest BCUT2D eigenvalue weighted by atomic mass is 10.0. The fourth-order valence-corrected chi connectivity index (χ4v) is 0.631. The molecule has 0 rings (SSSR count). The first-order valence-electron chi connectivity index (χ1n) is 3.30. The Kier molecular flexibility index (Phi) is 3.06. The van der Waals surface area contributed by atoms with Crippen molar-refractivity contribution in [3.63, 3.8) is 0 Å². The summed E-state index contributed by atoms with van der Waals surface area (Å²) in [6.07, 6.45) is -1.01. The average Bonchev–Trinajstić information content (AvgIpc) is 1.84. The largest absolute Gasteiger partial charge is 0.371 e. The molecule has 0 aliphatic rings. The van der Waals surface area contributed by atoms with E-state index in [0.717, 1.165) is 0 Å². The Morgan fingerprint density at radius 2 is 1.46 bits per heavy atom. The summed E-state index contributed by atoms with van der Waals surface area (Å²) >= 11 is 0. The molecule has 0 atom stereocenters. The zero-order chi connectivity index (χ0) is 10.9. The lowest BCUT2D eigenvalue weighted by Gasteiger charge is -2.29. The highest BCUT2D eigenvalue weighted by Crippen LogP contribution is 2.46. The van der Waals surface area contributed by atoms with Crippen molar-refractivity contribution in [3.8, 4) is 0 Å². The third-order valence-corrected chi connectivity index (χ3v) is 1.41. The quantitative estimate of drug-likeness (QED) is 0.488. The van der Waals surface area contributed by atoms with Gasteiger partial charge in [0.2, 0.25) is 0 Å². The van der Waals surface area contributed by atoms with Gasteiger partial charge in [-0.25, -0.2) is 0 Å². The van der Waals surface area contributed by atoms with Gasteiger partial charge in [0, 0.05) is 13.3 Å². The van der Waals surface area contributed by atoms with Crippen LogP contribution in [0, 0.1) is 0 Å². The summed E-state index contributed by atoms with van der Waals surface area (Å²) in [5.74, 6) is -14.9. The molecular weight excluding hydrogens is 198 g/mol. The third-order valence-electron chi connectivity index (χ3n) is 1.41. The standard InChI is InChI=1S/C7H8F6/c1-3-4-6(10,11)7(12,13)5(2,8)9/h3H,1,4H2,2H3. The van der Waals surface area contributed by atoms with E-state index >= 15 is 0 Å². The number of halogens is 6. The van der Waals surface area contributed by atoms with Crippen LogP contribution in [0.1, 0.15) is 13.3 Å². The monoisotopic (exact) mass is 206 g/mol. The second-order valence-corrected chi connectivity index (χ2v) is 2.66. The average molecular weight is 206 g/mol. The molecule has 6 heteroatoms. The zero-order valence-electron chi connectivity index (χ0n) is 6.76. The van der Waals surface area contributed by atoms with Crippen LogP contribution in [-0.4, -0.2) is 17.8 Å². The van der Waals surface area contributed by atoms with Gasteiger partial charge >= 0.3 is 17.8 Å². The van der Waals surface area contributed by atoms with Gasteiger partial charge in [-0.1, -0.05) is 6.08 Å². The molecule has 0 radical (unpaired) electrons. The smallest absolute Gasteiger partial charge is 0.200 e. The highest BCUT2D eigenvalue weighted by Gasteiger charge is 2.68. The van der Waals surface area contributed by atoms with Crippen molar-refractivity contribution < 1.29 is 26.3 Å². The molecule has 0 fully saturated rings. The molecule has 0 unspecified atom stereocenters. The maximum atomic E-state index is 12.4. The van der Waals surface area contributed by atoms with Crippen molar-refractivity contribution in [3.05, 3.63) is 12.7 Å². The molecule has 0 bridgehead atoms. The second-order valence-electron chi connectivity index (χ2n) is 2.66. The fraction of sp³-hybridized carbons (Fsp3) is 0.714. The molecule has 0 N–H and O–H groups in total. The molecule has 0 aliphatic heterocycles. The van der Waals surface area contributed by atoms with Gasteiger partial charge in [0.05, 0.1) is 0 Å². The number of hydrogen-bond donors (Lipinski definition) is 0. The van der Waals surface area contributed by atoms with Crippen molar-refractivity contribution in [2.24, 2.45) is 0 Å². The zero-order valence-corrected chi connectivity index (χ0v) is 6.76. The van der Waals surface area contributed by atoms with Gasteiger partial charge in [-0.3, -0.25) is 0 Å². The van der Waals surface area contributed by atoms with Crippen molar-refractivity contribution in [2.75, 3.05) is 0 Å². The third kappa shape index (κ3) is 2.16. The summed E-state index contributed by atoms with van der Waals surface area (Å²) in [6.45, 7) is 2.54. The van der Waals surface area contributed by atoms with Crippen molar-refractivity contribution in [1.82, 2.24) is 0 Å². The van der Waals surface area contributed by atoms with Crippen LogP contribution in [0.3, 0.4) is 0 Å². The van der Waals surface area contributed by atoms with E-state index in [0.29, 0.717) is 6.08 Å². The van der Waals surface area contributed by atoms with E-state index in [4.69, 9.17) is 0 Å². The van der Waals surface area contributed by atoms with Crippen LogP contribution in [-0.2, 0) is 0 Å². The molecule has 0 spiro atoms. The van der Waals surface area contributed by atoms with Crippen LogP contribution in [0.5, 0.6) is 0 Å². The van der Waals surface area contributed by atoms with Crippen molar-refractivity contribution >= 4 is 0 Å². The summed E-state index contributed by atoms with van der Waals surface area (Å²) in [4.78, 5) is 0. The van der Waals surface area contributed by atoms with Crippen molar-refractivity contribution in [1.29, 1.82) is 0 Å². The molecule has 13 heavy (non-hydrogen) atoms. The fourth-order valence-electron chi connectivity index (χ4n) is 0.631. The van der Waals surface area contributed by atoms with E-state index in [-0.39, 0.29) is 6.92 Å². The van der Waals surface area contributed by atoms with E-state index in [9.17, 15) is 26.3 Å². The summed E-state index contributed by atoms with van der Waals surface area (Å²) < 4.78 is 73.6. The van der Waals surface area contributed by atoms with Crippen LogP contribution < -0.4 is 0 Å². The highest BCUT2D eigenvalue weighted by molar-refractivity contribution is 4.97. The van der Waals surface area contributed by atoms with Gasteiger partial charge in [-0.2, -0.15) is 26.3 Å². The molecule has 0 amide bonds. The van der Waals surface area contributed by atoms with E-state index in [1.807, 2.05) is 0 Å². The van der Waals surface area contributed by atoms with Gasteiger partial charge in [0.15, 0.2) is 0 Å². The Hall–Kier alpha value is -0.680. The number of rotatable bonds is 4. The Labute approximate surface area is 71.2 Å². The van der Waals surface area contributed by atoms with Crippen LogP contribution in [0.2, 0.25) is 0 Å². The topological polar surface area (TPSA) is 0 Å². The minimum absolute atomic E-state index is 0.246. The molecular formula is C7H8F6. The first kappa shape index (κ1) is 12.3. The Balaban J connectivity index is 4.91.